The number of azo groups is 1. The molecule has 0 saturated heterocycles. The number of hydrogen-bond acceptors (Lipinski definition) is 10. The number of likely N-dealkylation sites (N-methyl/N-ethyl adjacent to an activating group) is 2. The number of nitrogens with zero attached hydrogens (tertiary/aromatic N) is 6. The van der Waals surface area contributed by atoms with Crippen molar-refractivity contribution in [3.63, 3.8) is 0 Å². The Morgan fingerprint density at radius 1 is 1.00 bits per heavy atom. The van der Waals surface area contributed by atoms with Gasteiger partial charge in [0, 0.05) is 34.9 Å². The predicted molar refractivity (Wildman–Crippen MR) is 162 cm³/mol. The average molecular weight is 597 g/mol. The highest BCUT2D eigenvalue weighted by Crippen LogP contribution is 2.28. The van der Waals surface area contributed by atoms with Gasteiger partial charge in [0.2, 0.25) is 15.5 Å². The van der Waals surface area contributed by atoms with Crippen molar-refractivity contribution in [3.05, 3.63) is 90.0 Å². The van der Waals surface area contributed by atoms with E-state index in [2.05, 4.69) is 99.1 Å². The summed E-state index contributed by atoms with van der Waals surface area (Å²) in [5.74, 6) is 0.684. The zero-order chi connectivity index (χ0) is 29.9. The Hall–Kier alpha value is -3.55. The fourth-order valence-electron chi connectivity index (χ4n) is 4.02. The van der Waals surface area contributed by atoms with Gasteiger partial charge in [-0.25, -0.2) is 8.42 Å². The second kappa shape index (κ2) is 14.9. The largest absolute Gasteiger partial charge is 0.726 e. The fourth-order valence-corrected chi connectivity index (χ4v) is 4.54. The van der Waals surface area contributed by atoms with Crippen molar-refractivity contribution in [3.8, 4) is 11.4 Å². The Labute approximate surface area is 246 Å². The van der Waals surface area contributed by atoms with Gasteiger partial charge < -0.3 is 13.9 Å². The first-order chi connectivity index (χ1) is 19.5. The summed E-state index contributed by atoms with van der Waals surface area (Å²) in [5, 5.41) is 9.35. The van der Waals surface area contributed by atoms with Gasteiger partial charge in [0.1, 0.15) is 6.54 Å². The lowest BCUT2D eigenvalue weighted by atomic mass is 10.1. The van der Waals surface area contributed by atoms with Crippen molar-refractivity contribution in [1.29, 1.82) is 0 Å². The molecule has 0 saturated carbocycles. The molecule has 41 heavy (non-hydrogen) atoms. The lowest BCUT2D eigenvalue weighted by Gasteiger charge is -2.33. The molecular weight excluding hydrogens is 560 g/mol. The summed E-state index contributed by atoms with van der Waals surface area (Å²) in [4.78, 5) is 6.92. The maximum Gasteiger partial charge on any atom is 0.249 e. The first kappa shape index (κ1) is 32.0. The van der Waals surface area contributed by atoms with Crippen LogP contribution >= 0.6 is 11.5 Å². The summed E-state index contributed by atoms with van der Waals surface area (Å²) in [6.45, 7) is 8.32. The average Bonchev–Trinajstić information content (AvgIpc) is 3.43. The molecule has 0 fully saturated rings. The first-order valence-electron chi connectivity index (χ1n) is 13.0. The Morgan fingerprint density at radius 2 is 1.63 bits per heavy atom. The lowest BCUT2D eigenvalue weighted by Crippen LogP contribution is -2.44. The summed E-state index contributed by atoms with van der Waals surface area (Å²) < 4.78 is 36.4. The molecule has 0 aliphatic rings. The summed E-state index contributed by atoms with van der Waals surface area (Å²) in [6, 6.07) is 27.0. The minimum Gasteiger partial charge on any atom is -0.726 e. The molecule has 12 heteroatoms. The van der Waals surface area contributed by atoms with Crippen LogP contribution < -0.4 is 4.90 Å². The SMILES string of the molecule is CCN(CC[N+](C)(C)Cc1ccccc1)c1ccc(N=Nc2nc(-c3ccccc3)ns2)c(C)c1.COS(=O)(=O)[O-]. The topological polar surface area (TPSA) is 120 Å². The molecule has 0 aliphatic carbocycles. The molecular formula is C29H36N6O4S2. The molecule has 0 N–H and O–H groups in total. The Bertz CT molecular complexity index is 1510. The molecule has 4 rings (SSSR count). The molecule has 0 aliphatic heterocycles. The zero-order valence-electron chi connectivity index (χ0n) is 24.0. The standard InChI is InChI=1S/C28H33N6S.CH4O4S/c1-5-33(18-19-34(3,4)21-23-12-8-6-9-13-23)25-16-17-26(22(2)20-25)30-31-28-29-27(32-35-28)24-14-10-7-11-15-24;1-5-6(2,3)4/h6-17,20H,5,18-19,21H2,1-4H3;1H3,(H,2,3,4)/q+1;/p-1. The summed E-state index contributed by atoms with van der Waals surface area (Å²) in [7, 11) is 0.992. The van der Waals surface area contributed by atoms with Crippen LogP contribution in [-0.4, -0.2) is 67.7 Å². The molecule has 218 valence electrons. The molecule has 10 nitrogen and oxygen atoms in total. The molecule has 0 amide bonds. The van der Waals surface area contributed by atoms with Crippen LogP contribution in [0, 0.1) is 6.92 Å². The van der Waals surface area contributed by atoms with Crippen LogP contribution in [0.15, 0.2) is 89.1 Å². The van der Waals surface area contributed by atoms with Crippen molar-refractivity contribution < 1.29 is 21.6 Å². The quantitative estimate of drug-likeness (QED) is 0.0885. The normalized spacial score (nSPS) is 11.8. The van der Waals surface area contributed by atoms with Gasteiger partial charge in [0.05, 0.1) is 40.0 Å². The molecule has 3 aromatic carbocycles. The number of anilines is 1. The molecule has 4 aromatic rings. The lowest BCUT2D eigenvalue weighted by molar-refractivity contribution is -0.902. The second-order valence-electron chi connectivity index (χ2n) is 9.90. The van der Waals surface area contributed by atoms with E-state index < -0.39 is 10.4 Å². The maximum atomic E-state index is 9.22. The summed E-state index contributed by atoms with van der Waals surface area (Å²) in [5.41, 5.74) is 5.51. The molecule has 0 radical (unpaired) electrons. The number of aromatic nitrogens is 2. The first-order valence-corrected chi connectivity index (χ1v) is 15.1. The van der Waals surface area contributed by atoms with E-state index in [0.717, 1.165) is 54.6 Å². The van der Waals surface area contributed by atoms with E-state index in [9.17, 15) is 13.0 Å². The van der Waals surface area contributed by atoms with Crippen molar-refractivity contribution >= 4 is 38.4 Å². The van der Waals surface area contributed by atoms with E-state index in [1.54, 1.807) is 0 Å². The fraction of sp³-hybridized carbons (Fsp3) is 0.310. The van der Waals surface area contributed by atoms with Gasteiger partial charge >= 0.3 is 0 Å². The van der Waals surface area contributed by atoms with Crippen molar-refractivity contribution in [1.82, 2.24) is 9.36 Å². The van der Waals surface area contributed by atoms with Crippen LogP contribution in [0.1, 0.15) is 18.1 Å². The third kappa shape index (κ3) is 10.7. The minimum atomic E-state index is -4.41. The van der Waals surface area contributed by atoms with Crippen LogP contribution in [0.2, 0.25) is 0 Å². The zero-order valence-corrected chi connectivity index (χ0v) is 25.6. The van der Waals surface area contributed by atoms with Gasteiger partial charge in [-0.1, -0.05) is 60.7 Å². The van der Waals surface area contributed by atoms with E-state index in [-0.39, 0.29) is 0 Å². The number of quaternary nitrogens is 1. The van der Waals surface area contributed by atoms with Crippen molar-refractivity contribution in [2.45, 2.75) is 20.4 Å². The van der Waals surface area contributed by atoms with E-state index in [0.29, 0.717) is 11.0 Å². The van der Waals surface area contributed by atoms with Crippen LogP contribution in [0.3, 0.4) is 0 Å². The third-order valence-electron chi connectivity index (χ3n) is 6.25. The predicted octanol–water partition coefficient (Wildman–Crippen LogP) is 6.12. The smallest absolute Gasteiger partial charge is 0.249 e. The van der Waals surface area contributed by atoms with E-state index >= 15 is 0 Å². The third-order valence-corrected chi connectivity index (χ3v) is 7.26. The van der Waals surface area contributed by atoms with Crippen molar-refractivity contribution in [2.24, 2.45) is 10.2 Å². The monoisotopic (exact) mass is 596 g/mol. The van der Waals surface area contributed by atoms with Gasteiger partial charge in [-0.3, -0.25) is 4.18 Å². The highest BCUT2D eigenvalue weighted by Gasteiger charge is 2.18. The van der Waals surface area contributed by atoms with E-state index in [1.165, 1.54) is 22.8 Å². The maximum absolute atomic E-state index is 9.22. The van der Waals surface area contributed by atoms with Gasteiger partial charge in [0.25, 0.3) is 0 Å². The highest BCUT2D eigenvalue weighted by molar-refractivity contribution is 7.80. The number of hydrogen-bond donors (Lipinski definition) is 0. The second-order valence-corrected chi connectivity index (χ2v) is 11.8. The van der Waals surface area contributed by atoms with Gasteiger partial charge in [-0.05, 0) is 37.6 Å². The minimum absolute atomic E-state index is 0.556. The van der Waals surface area contributed by atoms with E-state index in [4.69, 9.17) is 0 Å². The Balaban J connectivity index is 0.000000696. The van der Waals surface area contributed by atoms with Crippen LogP contribution in [0.5, 0.6) is 0 Å². The van der Waals surface area contributed by atoms with Gasteiger partial charge in [-0.15, -0.1) is 10.2 Å². The van der Waals surface area contributed by atoms with Crippen LogP contribution in [0.4, 0.5) is 16.5 Å². The Morgan fingerprint density at radius 3 is 2.22 bits per heavy atom. The molecule has 0 atom stereocenters. The summed E-state index contributed by atoms with van der Waals surface area (Å²) in [6.07, 6.45) is 0. The van der Waals surface area contributed by atoms with E-state index in [1.807, 2.05) is 36.4 Å². The van der Waals surface area contributed by atoms with Crippen LogP contribution in [0.25, 0.3) is 11.4 Å². The van der Waals surface area contributed by atoms with Gasteiger partial charge in [0.15, 0.2) is 5.82 Å². The Kier molecular flexibility index (Phi) is 11.6. The number of aryl methyl sites for hydroxylation is 1. The summed E-state index contributed by atoms with van der Waals surface area (Å²) >= 11 is 1.26. The molecule has 0 bridgehead atoms. The van der Waals surface area contributed by atoms with Crippen molar-refractivity contribution in [2.75, 3.05) is 45.7 Å². The molecule has 1 heterocycles. The molecule has 1 aromatic heterocycles. The molecule has 0 unspecified atom stereocenters. The molecule has 0 spiro atoms. The number of benzene rings is 3. The van der Waals surface area contributed by atoms with Crippen LogP contribution in [-0.2, 0) is 21.1 Å². The number of rotatable bonds is 11. The van der Waals surface area contributed by atoms with Gasteiger partial charge in [-0.2, -0.15) is 9.36 Å². The highest BCUT2D eigenvalue weighted by atomic mass is 32.3.